The van der Waals surface area contributed by atoms with E-state index in [1.165, 1.54) is 0 Å². The third-order valence-electron chi connectivity index (χ3n) is 3.82. The lowest BCUT2D eigenvalue weighted by molar-refractivity contribution is -0.137. The molecule has 1 heterocycles. The van der Waals surface area contributed by atoms with Crippen LogP contribution < -0.4 is 10.6 Å². The molecule has 5 heteroatoms. The van der Waals surface area contributed by atoms with Gasteiger partial charge in [0, 0.05) is 13.0 Å². The van der Waals surface area contributed by atoms with E-state index in [9.17, 15) is 9.59 Å². The zero-order valence-corrected chi connectivity index (χ0v) is 11.8. The molecular weight excluding hydrogens is 244 g/mol. The quantitative estimate of drug-likeness (QED) is 0.625. The number of amides is 1. The monoisotopic (exact) mass is 270 g/mol. The number of carboxylic acid groups (broad SMARTS) is 1. The van der Waals surface area contributed by atoms with E-state index in [1.54, 1.807) is 0 Å². The van der Waals surface area contributed by atoms with Crippen molar-refractivity contribution in [1.82, 2.24) is 10.6 Å². The maximum atomic E-state index is 11.9. The van der Waals surface area contributed by atoms with E-state index in [1.807, 2.05) is 0 Å². The Balaban J connectivity index is 2.16. The van der Waals surface area contributed by atoms with Crippen LogP contribution in [0.3, 0.4) is 0 Å². The van der Waals surface area contributed by atoms with Gasteiger partial charge in [-0.2, -0.15) is 0 Å². The van der Waals surface area contributed by atoms with Gasteiger partial charge in [-0.25, -0.2) is 0 Å². The van der Waals surface area contributed by atoms with E-state index in [2.05, 4.69) is 17.6 Å². The van der Waals surface area contributed by atoms with Gasteiger partial charge in [-0.1, -0.05) is 19.8 Å². The fourth-order valence-corrected chi connectivity index (χ4v) is 2.48. The first kappa shape index (κ1) is 16.0. The van der Waals surface area contributed by atoms with Gasteiger partial charge in [-0.3, -0.25) is 9.59 Å². The molecule has 0 radical (unpaired) electrons. The molecule has 19 heavy (non-hydrogen) atoms. The van der Waals surface area contributed by atoms with E-state index in [4.69, 9.17) is 5.11 Å². The molecule has 1 saturated heterocycles. The summed E-state index contributed by atoms with van der Waals surface area (Å²) < 4.78 is 0. The predicted molar refractivity (Wildman–Crippen MR) is 73.9 cm³/mol. The van der Waals surface area contributed by atoms with Gasteiger partial charge in [0.15, 0.2) is 0 Å². The minimum Gasteiger partial charge on any atom is -0.481 e. The van der Waals surface area contributed by atoms with Crippen molar-refractivity contribution in [3.63, 3.8) is 0 Å². The molecule has 0 aromatic carbocycles. The predicted octanol–water partition coefficient (Wildman–Crippen LogP) is 1.53. The van der Waals surface area contributed by atoms with E-state index >= 15 is 0 Å². The number of piperidine rings is 1. The molecule has 1 amide bonds. The van der Waals surface area contributed by atoms with Crippen molar-refractivity contribution >= 4 is 11.9 Å². The smallest absolute Gasteiger partial charge is 0.303 e. The highest BCUT2D eigenvalue weighted by Crippen LogP contribution is 2.14. The number of rotatable bonds is 8. The van der Waals surface area contributed by atoms with Crippen LogP contribution >= 0.6 is 0 Å². The van der Waals surface area contributed by atoms with Gasteiger partial charge in [0.2, 0.25) is 5.91 Å². The van der Waals surface area contributed by atoms with Crippen LogP contribution in [0.15, 0.2) is 0 Å². The zero-order valence-electron chi connectivity index (χ0n) is 11.8. The van der Waals surface area contributed by atoms with E-state index < -0.39 is 5.97 Å². The second-order valence-electron chi connectivity index (χ2n) is 5.29. The first-order valence-electron chi connectivity index (χ1n) is 7.36. The molecule has 0 spiro atoms. The summed E-state index contributed by atoms with van der Waals surface area (Å²) >= 11 is 0. The highest BCUT2D eigenvalue weighted by Gasteiger charge is 2.20. The zero-order chi connectivity index (χ0) is 14.1. The molecular formula is C14H26N2O3. The number of hydrogen-bond acceptors (Lipinski definition) is 3. The Morgan fingerprint density at radius 1 is 1.37 bits per heavy atom. The van der Waals surface area contributed by atoms with Crippen molar-refractivity contribution in [2.75, 3.05) is 13.1 Å². The Bertz CT molecular complexity index is 288. The summed E-state index contributed by atoms with van der Waals surface area (Å²) in [6.07, 6.45) is 5.92. The molecule has 0 bridgehead atoms. The summed E-state index contributed by atoms with van der Waals surface area (Å²) in [5.41, 5.74) is 0. The molecule has 0 aliphatic carbocycles. The first-order chi connectivity index (χ1) is 9.13. The molecule has 0 aromatic rings. The molecule has 2 atom stereocenters. The summed E-state index contributed by atoms with van der Waals surface area (Å²) in [7, 11) is 0. The van der Waals surface area contributed by atoms with Crippen LogP contribution in [0.5, 0.6) is 0 Å². The van der Waals surface area contributed by atoms with Crippen LogP contribution in [0.25, 0.3) is 0 Å². The Morgan fingerprint density at radius 2 is 2.16 bits per heavy atom. The van der Waals surface area contributed by atoms with Gasteiger partial charge < -0.3 is 15.7 Å². The number of nitrogens with one attached hydrogen (secondary N) is 2. The van der Waals surface area contributed by atoms with E-state index in [0.29, 0.717) is 18.9 Å². The minimum atomic E-state index is -0.742. The number of carbonyl (C=O) groups is 2. The van der Waals surface area contributed by atoms with Crippen LogP contribution in [0, 0.1) is 5.92 Å². The normalized spacial score (nSPS) is 20.8. The average Bonchev–Trinajstić information content (AvgIpc) is 2.43. The Labute approximate surface area is 115 Å². The lowest BCUT2D eigenvalue weighted by Crippen LogP contribution is -2.46. The van der Waals surface area contributed by atoms with Gasteiger partial charge in [0.25, 0.3) is 0 Å². The Hall–Kier alpha value is -1.10. The summed E-state index contributed by atoms with van der Waals surface area (Å²) in [6, 6.07) is -0.0344. The molecule has 0 saturated carbocycles. The van der Waals surface area contributed by atoms with Gasteiger partial charge in [-0.05, 0) is 38.1 Å². The van der Waals surface area contributed by atoms with Crippen LogP contribution in [0.2, 0.25) is 0 Å². The maximum absolute atomic E-state index is 11.9. The minimum absolute atomic E-state index is 0.0344. The van der Waals surface area contributed by atoms with Gasteiger partial charge >= 0.3 is 5.97 Å². The fourth-order valence-electron chi connectivity index (χ4n) is 2.48. The van der Waals surface area contributed by atoms with E-state index in [0.717, 1.165) is 38.6 Å². The van der Waals surface area contributed by atoms with Crippen LogP contribution in [0.4, 0.5) is 0 Å². The van der Waals surface area contributed by atoms with Crippen molar-refractivity contribution < 1.29 is 14.7 Å². The van der Waals surface area contributed by atoms with Crippen LogP contribution in [-0.2, 0) is 9.59 Å². The van der Waals surface area contributed by atoms with E-state index in [-0.39, 0.29) is 18.4 Å². The van der Waals surface area contributed by atoms with Gasteiger partial charge in [0.05, 0.1) is 6.04 Å². The Kier molecular flexibility index (Phi) is 7.48. The SMILES string of the molecule is CCC(CCNC(=O)C1CCCCN1)CCC(=O)O. The molecule has 1 fully saturated rings. The average molecular weight is 270 g/mol. The van der Waals surface area contributed by atoms with Crippen molar-refractivity contribution in [2.24, 2.45) is 5.92 Å². The highest BCUT2D eigenvalue weighted by atomic mass is 16.4. The summed E-state index contributed by atoms with van der Waals surface area (Å²) in [6.45, 7) is 3.64. The molecule has 2 unspecified atom stereocenters. The lowest BCUT2D eigenvalue weighted by atomic mass is 9.96. The summed E-state index contributed by atoms with van der Waals surface area (Å²) in [5, 5.41) is 14.8. The van der Waals surface area contributed by atoms with Crippen molar-refractivity contribution in [3.05, 3.63) is 0 Å². The third kappa shape index (κ3) is 6.57. The lowest BCUT2D eigenvalue weighted by Gasteiger charge is -2.23. The third-order valence-corrected chi connectivity index (χ3v) is 3.82. The first-order valence-corrected chi connectivity index (χ1v) is 7.36. The van der Waals surface area contributed by atoms with Crippen molar-refractivity contribution in [2.45, 2.75) is 57.9 Å². The van der Waals surface area contributed by atoms with Crippen LogP contribution in [-0.4, -0.2) is 36.1 Å². The molecule has 1 aliphatic heterocycles. The number of carbonyl (C=O) groups excluding carboxylic acids is 1. The summed E-state index contributed by atoms with van der Waals surface area (Å²) in [4.78, 5) is 22.4. The molecule has 110 valence electrons. The molecule has 1 rings (SSSR count). The number of hydrogen-bond donors (Lipinski definition) is 3. The van der Waals surface area contributed by atoms with Gasteiger partial charge in [0.1, 0.15) is 0 Å². The second kappa shape index (κ2) is 8.91. The highest BCUT2D eigenvalue weighted by molar-refractivity contribution is 5.81. The topological polar surface area (TPSA) is 78.4 Å². The van der Waals surface area contributed by atoms with Crippen molar-refractivity contribution in [1.29, 1.82) is 0 Å². The standard InChI is InChI=1S/C14H26N2O3/c1-2-11(6-7-13(17)18)8-10-16-14(19)12-5-3-4-9-15-12/h11-12,15H,2-10H2,1H3,(H,16,19)(H,17,18). The molecule has 1 aliphatic rings. The van der Waals surface area contributed by atoms with Gasteiger partial charge in [-0.15, -0.1) is 0 Å². The molecule has 5 nitrogen and oxygen atoms in total. The number of carboxylic acids is 1. The molecule has 0 aromatic heterocycles. The molecule has 3 N–H and O–H groups in total. The number of aliphatic carboxylic acids is 1. The van der Waals surface area contributed by atoms with Crippen LogP contribution in [0.1, 0.15) is 51.9 Å². The largest absolute Gasteiger partial charge is 0.481 e. The maximum Gasteiger partial charge on any atom is 0.303 e. The van der Waals surface area contributed by atoms with Crippen molar-refractivity contribution in [3.8, 4) is 0 Å². The Morgan fingerprint density at radius 3 is 2.74 bits per heavy atom. The fraction of sp³-hybridized carbons (Fsp3) is 0.857. The summed E-state index contributed by atoms with van der Waals surface area (Å²) in [5.74, 6) is -0.266. The second-order valence-corrected chi connectivity index (χ2v) is 5.29.